The predicted octanol–water partition coefficient (Wildman–Crippen LogP) is 1.94. The maximum absolute atomic E-state index is 5.80. The molecule has 0 aromatic carbocycles. The zero-order chi connectivity index (χ0) is 16.4. The summed E-state index contributed by atoms with van der Waals surface area (Å²) in [5.74, 6) is 0. The smallest absolute Gasteiger partial charge is 0.398 e. The largest absolute Gasteiger partial charge is 0.500 e. The molecule has 0 unspecified atom stereocenters. The van der Waals surface area contributed by atoms with Gasteiger partial charge in [0.15, 0.2) is 0 Å². The Morgan fingerprint density at radius 1 is 0.667 bits per heavy atom. The van der Waals surface area contributed by atoms with Gasteiger partial charge in [0, 0.05) is 54.2 Å². The molecule has 0 aliphatic rings. The van der Waals surface area contributed by atoms with Crippen molar-refractivity contribution in [3.8, 4) is 0 Å². The van der Waals surface area contributed by atoms with Gasteiger partial charge >= 0.3 is 17.4 Å². The lowest BCUT2D eigenvalue weighted by Gasteiger charge is -2.32. The first kappa shape index (κ1) is 21.2. The van der Waals surface area contributed by atoms with Crippen LogP contribution in [0.15, 0.2) is 0 Å². The van der Waals surface area contributed by atoms with Crippen molar-refractivity contribution in [2.24, 2.45) is 0 Å². The number of rotatable bonds is 13. The zero-order valence-electron chi connectivity index (χ0n) is 14.7. The van der Waals surface area contributed by atoms with Crippen molar-refractivity contribution in [3.05, 3.63) is 0 Å². The van der Waals surface area contributed by atoms with E-state index in [4.69, 9.17) is 22.1 Å². The summed E-state index contributed by atoms with van der Waals surface area (Å²) >= 11 is 0. The summed E-state index contributed by atoms with van der Waals surface area (Å²) < 4.78 is 28.1. The SMILES string of the molecule is CCN(CC)CC[Si](CC[Si](OC)(OC)OC)(OC)OC. The average molecular weight is 340 g/mol. The van der Waals surface area contributed by atoms with Gasteiger partial charge in [0.05, 0.1) is 0 Å². The van der Waals surface area contributed by atoms with E-state index >= 15 is 0 Å². The molecule has 21 heavy (non-hydrogen) atoms. The van der Waals surface area contributed by atoms with Gasteiger partial charge in [-0.1, -0.05) is 13.8 Å². The van der Waals surface area contributed by atoms with Crippen molar-refractivity contribution < 1.29 is 22.1 Å². The molecule has 0 heterocycles. The standard InChI is InChI=1S/C13H33NO5Si2/c1-8-14(9-2)10-11-20(15-3,16-4)12-13-21(17-5,18-6)19-7/h8-13H2,1-7H3. The molecular formula is C13H33NO5Si2. The third-order valence-electron chi connectivity index (χ3n) is 4.19. The molecule has 0 aromatic heterocycles. The maximum atomic E-state index is 5.80. The fraction of sp³-hybridized carbons (Fsp3) is 1.00. The van der Waals surface area contributed by atoms with E-state index in [1.165, 1.54) is 0 Å². The summed E-state index contributed by atoms with van der Waals surface area (Å²) in [6.07, 6.45) is 0. The highest BCUT2D eigenvalue weighted by atomic mass is 28.4. The first-order valence-corrected chi connectivity index (χ1v) is 11.6. The van der Waals surface area contributed by atoms with Crippen molar-refractivity contribution in [1.82, 2.24) is 4.90 Å². The maximum Gasteiger partial charge on any atom is 0.500 e. The van der Waals surface area contributed by atoms with Crippen LogP contribution in [0.25, 0.3) is 0 Å². The van der Waals surface area contributed by atoms with Crippen LogP contribution < -0.4 is 0 Å². The van der Waals surface area contributed by atoms with E-state index in [0.717, 1.165) is 31.7 Å². The van der Waals surface area contributed by atoms with Crippen molar-refractivity contribution in [2.45, 2.75) is 32.0 Å². The van der Waals surface area contributed by atoms with E-state index in [1.807, 2.05) is 0 Å². The third kappa shape index (κ3) is 6.45. The topological polar surface area (TPSA) is 49.4 Å². The second kappa shape index (κ2) is 10.8. The summed E-state index contributed by atoms with van der Waals surface area (Å²) in [6.45, 7) is 7.42. The lowest BCUT2D eigenvalue weighted by atomic mass is 10.5. The highest BCUT2D eigenvalue weighted by molar-refractivity contribution is 6.70. The second-order valence-corrected chi connectivity index (χ2v) is 11.6. The number of hydrogen-bond acceptors (Lipinski definition) is 6. The van der Waals surface area contributed by atoms with Crippen LogP contribution in [0, 0.1) is 0 Å². The van der Waals surface area contributed by atoms with Gasteiger partial charge in [-0.05, 0) is 19.1 Å². The van der Waals surface area contributed by atoms with Crippen LogP contribution in [0.2, 0.25) is 18.1 Å². The number of hydrogen-bond donors (Lipinski definition) is 0. The van der Waals surface area contributed by atoms with Gasteiger partial charge in [-0.3, -0.25) is 0 Å². The first-order valence-electron chi connectivity index (χ1n) is 7.49. The summed E-state index contributed by atoms with van der Waals surface area (Å²) in [5, 5.41) is 0. The first-order chi connectivity index (χ1) is 10.0. The van der Waals surface area contributed by atoms with Gasteiger partial charge in [-0.15, -0.1) is 0 Å². The minimum atomic E-state index is -2.57. The van der Waals surface area contributed by atoms with Gasteiger partial charge < -0.3 is 27.0 Å². The minimum Gasteiger partial charge on any atom is -0.398 e. The Hall–Kier alpha value is 0.194. The van der Waals surface area contributed by atoms with Crippen LogP contribution in [0.3, 0.4) is 0 Å². The Morgan fingerprint density at radius 2 is 1.14 bits per heavy atom. The normalized spacial score (nSPS) is 13.1. The van der Waals surface area contributed by atoms with Gasteiger partial charge in [0.25, 0.3) is 0 Å². The van der Waals surface area contributed by atoms with E-state index in [9.17, 15) is 0 Å². The van der Waals surface area contributed by atoms with E-state index in [-0.39, 0.29) is 0 Å². The predicted molar refractivity (Wildman–Crippen MR) is 88.8 cm³/mol. The molecule has 0 spiro atoms. The second-order valence-electron chi connectivity index (χ2n) is 4.89. The lowest BCUT2D eigenvalue weighted by Crippen LogP contribution is -2.48. The highest BCUT2D eigenvalue weighted by Gasteiger charge is 2.44. The van der Waals surface area contributed by atoms with E-state index < -0.39 is 17.4 Å². The summed E-state index contributed by atoms with van der Waals surface area (Å²) in [4.78, 5) is 2.38. The minimum absolute atomic E-state index is 0.711. The summed E-state index contributed by atoms with van der Waals surface area (Å²) in [7, 11) is 3.58. The van der Waals surface area contributed by atoms with Crippen LogP contribution in [0.1, 0.15) is 13.8 Å². The molecule has 0 fully saturated rings. The zero-order valence-corrected chi connectivity index (χ0v) is 16.7. The van der Waals surface area contributed by atoms with Crippen LogP contribution in [-0.4, -0.2) is 77.4 Å². The average Bonchev–Trinajstić information content (AvgIpc) is 2.55. The summed E-state index contributed by atoms with van der Waals surface area (Å²) in [5.41, 5.74) is 0. The van der Waals surface area contributed by atoms with Crippen molar-refractivity contribution in [3.63, 3.8) is 0 Å². The molecule has 0 aliphatic carbocycles. The third-order valence-corrected chi connectivity index (χ3v) is 10.9. The van der Waals surface area contributed by atoms with Crippen LogP contribution in [-0.2, 0) is 22.1 Å². The molecular weight excluding hydrogens is 306 g/mol. The molecule has 0 saturated carbocycles. The molecule has 0 aliphatic heterocycles. The molecule has 0 atom stereocenters. The fourth-order valence-corrected chi connectivity index (χ4v) is 8.14. The lowest BCUT2D eigenvalue weighted by molar-refractivity contribution is 0.123. The molecule has 0 aromatic rings. The molecule has 0 bridgehead atoms. The highest BCUT2D eigenvalue weighted by Crippen LogP contribution is 2.26. The monoisotopic (exact) mass is 339 g/mol. The van der Waals surface area contributed by atoms with Crippen molar-refractivity contribution in [2.75, 3.05) is 55.2 Å². The van der Waals surface area contributed by atoms with E-state index in [1.54, 1.807) is 35.5 Å². The van der Waals surface area contributed by atoms with Crippen molar-refractivity contribution in [1.29, 1.82) is 0 Å². The van der Waals surface area contributed by atoms with Crippen LogP contribution in [0.5, 0.6) is 0 Å². The molecule has 8 heteroatoms. The Morgan fingerprint density at radius 3 is 1.48 bits per heavy atom. The fourth-order valence-electron chi connectivity index (χ4n) is 2.38. The molecule has 0 radical (unpaired) electrons. The van der Waals surface area contributed by atoms with Gasteiger partial charge in [0.1, 0.15) is 0 Å². The Labute approximate surface area is 132 Å². The quantitative estimate of drug-likeness (QED) is 0.478. The van der Waals surface area contributed by atoms with Crippen LogP contribution >= 0.6 is 0 Å². The molecule has 0 N–H and O–H groups in total. The van der Waals surface area contributed by atoms with Gasteiger partial charge in [0.2, 0.25) is 0 Å². The van der Waals surface area contributed by atoms with E-state index in [2.05, 4.69) is 18.7 Å². The van der Waals surface area contributed by atoms with Gasteiger partial charge in [-0.2, -0.15) is 0 Å². The Bertz CT molecular complexity index is 251. The van der Waals surface area contributed by atoms with Crippen molar-refractivity contribution >= 4 is 17.4 Å². The Kier molecular flexibility index (Phi) is 10.9. The van der Waals surface area contributed by atoms with Gasteiger partial charge in [-0.25, -0.2) is 0 Å². The molecule has 128 valence electrons. The summed E-state index contributed by atoms with van der Waals surface area (Å²) in [6, 6.07) is 2.45. The number of nitrogens with zero attached hydrogens (tertiary/aromatic N) is 1. The Balaban J connectivity index is 4.72. The molecule has 0 saturated heterocycles. The van der Waals surface area contributed by atoms with E-state index in [0.29, 0.717) is 6.04 Å². The molecule has 0 rings (SSSR count). The molecule has 6 nitrogen and oxygen atoms in total. The molecule has 0 amide bonds. The van der Waals surface area contributed by atoms with Crippen LogP contribution in [0.4, 0.5) is 0 Å².